The molecule has 0 spiro atoms. The molecule has 2 aliphatic heterocycles. The second kappa shape index (κ2) is 13.5. The van der Waals surface area contributed by atoms with Gasteiger partial charge in [-0.15, -0.1) is 0 Å². The number of anilines is 1. The van der Waals surface area contributed by atoms with Gasteiger partial charge in [0.25, 0.3) is 11.8 Å². The smallest absolute Gasteiger partial charge is 0.264 e. The molecule has 0 radical (unpaired) electrons. The molecular formula is C33H37F2N3O5. The summed E-state index contributed by atoms with van der Waals surface area (Å²) in [7, 11) is 3.07. The maximum atomic E-state index is 14.1. The van der Waals surface area contributed by atoms with Crippen LogP contribution in [0.4, 0.5) is 14.5 Å². The highest BCUT2D eigenvalue weighted by Gasteiger charge is 2.43. The molecule has 2 aliphatic rings. The van der Waals surface area contributed by atoms with E-state index >= 15 is 0 Å². The summed E-state index contributed by atoms with van der Waals surface area (Å²) in [6, 6.07) is 13.8. The quantitative estimate of drug-likeness (QED) is 0.204. The van der Waals surface area contributed by atoms with Crippen LogP contribution in [0.5, 0.6) is 11.5 Å². The third-order valence-electron chi connectivity index (χ3n) is 8.26. The summed E-state index contributed by atoms with van der Waals surface area (Å²) >= 11 is 0. The number of imide groups is 1. The normalized spacial score (nSPS) is 16.0. The molecule has 228 valence electrons. The van der Waals surface area contributed by atoms with Gasteiger partial charge in [-0.3, -0.25) is 14.5 Å². The first-order valence-electron chi connectivity index (χ1n) is 14.6. The van der Waals surface area contributed by atoms with E-state index in [2.05, 4.69) is 16.7 Å². The van der Waals surface area contributed by atoms with Gasteiger partial charge in [0.05, 0.1) is 43.7 Å². The van der Waals surface area contributed by atoms with Crippen molar-refractivity contribution in [2.75, 3.05) is 58.5 Å². The zero-order valence-electron chi connectivity index (χ0n) is 24.8. The number of likely N-dealkylation sites (N-methyl/N-ethyl adjacent to an activating group) is 1. The zero-order chi connectivity index (χ0) is 30.5. The Balaban J connectivity index is 1.39. The Hall–Kier alpha value is -4.02. The second-order valence-corrected chi connectivity index (χ2v) is 10.6. The lowest BCUT2D eigenvalue weighted by Crippen LogP contribution is -2.46. The van der Waals surface area contributed by atoms with Crippen molar-refractivity contribution < 1.29 is 32.6 Å². The number of piperazine rings is 1. The summed E-state index contributed by atoms with van der Waals surface area (Å²) in [5.74, 6) is -1.04. The number of fused-ring (bicyclic) bond motifs is 1. The second-order valence-electron chi connectivity index (χ2n) is 10.6. The van der Waals surface area contributed by atoms with Gasteiger partial charge in [-0.2, -0.15) is 0 Å². The average molecular weight is 594 g/mol. The SMILES string of the molecule is CCN1CCN(c2cccc3c2C(=O)N([C@H](CCCOCc2c(F)cccc2F)c2ccc(OC)c(OC)c2)C3=O)CC1. The maximum Gasteiger partial charge on any atom is 0.264 e. The third kappa shape index (κ3) is 6.21. The van der Waals surface area contributed by atoms with Gasteiger partial charge >= 0.3 is 0 Å². The van der Waals surface area contributed by atoms with Crippen molar-refractivity contribution in [3.63, 3.8) is 0 Å². The van der Waals surface area contributed by atoms with Crippen LogP contribution in [-0.4, -0.2) is 75.2 Å². The van der Waals surface area contributed by atoms with E-state index in [1.54, 1.807) is 18.2 Å². The number of hydrogen-bond donors (Lipinski definition) is 0. The number of nitrogens with zero attached hydrogens (tertiary/aromatic N) is 3. The van der Waals surface area contributed by atoms with Crippen molar-refractivity contribution in [3.05, 3.63) is 88.5 Å². The largest absolute Gasteiger partial charge is 0.493 e. The van der Waals surface area contributed by atoms with E-state index in [9.17, 15) is 18.4 Å². The van der Waals surface area contributed by atoms with Crippen molar-refractivity contribution in [2.24, 2.45) is 0 Å². The van der Waals surface area contributed by atoms with E-state index in [1.165, 1.54) is 37.3 Å². The van der Waals surface area contributed by atoms with Gasteiger partial charge in [0, 0.05) is 38.3 Å². The van der Waals surface area contributed by atoms with Gasteiger partial charge in [-0.1, -0.05) is 25.1 Å². The lowest BCUT2D eigenvalue weighted by Gasteiger charge is -2.36. The van der Waals surface area contributed by atoms with Crippen LogP contribution in [0.15, 0.2) is 54.6 Å². The van der Waals surface area contributed by atoms with Crippen LogP contribution in [0, 0.1) is 11.6 Å². The standard InChI is InChI=1S/C33H37F2N3O5/c1-4-36-15-17-37(18-16-36)28-11-5-8-23-31(28)33(40)38(32(23)39)27(22-13-14-29(41-2)30(20-22)42-3)12-7-19-43-21-24-25(34)9-6-10-26(24)35/h5-6,8-11,13-14,20,27H,4,7,12,15-19,21H2,1-3H3/t27-/m1/s1. The number of carbonyl (C=O) groups is 2. The molecule has 1 saturated heterocycles. The highest BCUT2D eigenvalue weighted by Crippen LogP contribution is 2.40. The van der Waals surface area contributed by atoms with E-state index in [0.29, 0.717) is 41.0 Å². The first-order valence-corrected chi connectivity index (χ1v) is 14.6. The molecule has 8 nitrogen and oxygen atoms in total. The summed E-state index contributed by atoms with van der Waals surface area (Å²) < 4.78 is 44.6. The number of amides is 2. The molecular weight excluding hydrogens is 556 g/mol. The van der Waals surface area contributed by atoms with Crippen LogP contribution >= 0.6 is 0 Å². The fourth-order valence-corrected chi connectivity index (χ4v) is 5.87. The van der Waals surface area contributed by atoms with Crippen molar-refractivity contribution in [2.45, 2.75) is 32.4 Å². The van der Waals surface area contributed by atoms with Crippen LogP contribution < -0.4 is 14.4 Å². The fourth-order valence-electron chi connectivity index (χ4n) is 5.87. The molecule has 0 unspecified atom stereocenters. The first-order chi connectivity index (χ1) is 20.9. The number of benzene rings is 3. The third-order valence-corrected chi connectivity index (χ3v) is 8.26. The molecule has 0 aromatic heterocycles. The molecule has 3 aromatic carbocycles. The summed E-state index contributed by atoms with van der Waals surface area (Å²) in [5.41, 5.74) is 2.15. The zero-order valence-corrected chi connectivity index (χ0v) is 24.8. The number of carbonyl (C=O) groups excluding carboxylic acids is 2. The van der Waals surface area contributed by atoms with E-state index in [4.69, 9.17) is 14.2 Å². The predicted octanol–water partition coefficient (Wildman–Crippen LogP) is 5.46. The van der Waals surface area contributed by atoms with Gasteiger partial charge in [0.1, 0.15) is 11.6 Å². The monoisotopic (exact) mass is 593 g/mol. The van der Waals surface area contributed by atoms with Crippen molar-refractivity contribution in [1.82, 2.24) is 9.80 Å². The predicted molar refractivity (Wildman–Crippen MR) is 159 cm³/mol. The fraction of sp³-hybridized carbons (Fsp3) is 0.394. The lowest BCUT2D eigenvalue weighted by molar-refractivity contribution is 0.0551. The molecule has 2 heterocycles. The van der Waals surface area contributed by atoms with E-state index < -0.39 is 17.7 Å². The molecule has 10 heteroatoms. The van der Waals surface area contributed by atoms with Gasteiger partial charge in [0.2, 0.25) is 0 Å². The summed E-state index contributed by atoms with van der Waals surface area (Å²) in [6.07, 6.45) is 0.791. The molecule has 1 fully saturated rings. The lowest BCUT2D eigenvalue weighted by atomic mass is 9.99. The van der Waals surface area contributed by atoms with E-state index in [0.717, 1.165) is 38.4 Å². The van der Waals surface area contributed by atoms with Crippen molar-refractivity contribution in [3.8, 4) is 11.5 Å². The number of rotatable bonds is 12. The maximum absolute atomic E-state index is 14.1. The minimum absolute atomic E-state index is 0.133. The Bertz CT molecular complexity index is 1450. The molecule has 3 aromatic rings. The summed E-state index contributed by atoms with van der Waals surface area (Å²) in [6.45, 7) is 6.37. The van der Waals surface area contributed by atoms with Gasteiger partial charge < -0.3 is 24.0 Å². The van der Waals surface area contributed by atoms with E-state index in [-0.39, 0.29) is 30.6 Å². The first kappa shape index (κ1) is 30.4. The van der Waals surface area contributed by atoms with Crippen LogP contribution in [0.25, 0.3) is 0 Å². The van der Waals surface area contributed by atoms with Crippen LogP contribution in [0.3, 0.4) is 0 Å². The molecule has 2 amide bonds. The summed E-state index contributed by atoms with van der Waals surface area (Å²) in [5, 5.41) is 0. The molecule has 0 aliphatic carbocycles. The van der Waals surface area contributed by atoms with E-state index in [1.807, 2.05) is 18.2 Å². The van der Waals surface area contributed by atoms with Gasteiger partial charge in [-0.05, 0) is 61.3 Å². The van der Waals surface area contributed by atoms with Gasteiger partial charge in [0.15, 0.2) is 11.5 Å². The highest BCUT2D eigenvalue weighted by atomic mass is 19.1. The molecule has 0 N–H and O–H groups in total. The number of ether oxygens (including phenoxy) is 3. The molecule has 43 heavy (non-hydrogen) atoms. The Morgan fingerprint density at radius 1 is 0.860 bits per heavy atom. The van der Waals surface area contributed by atoms with Crippen LogP contribution in [0.1, 0.15) is 57.7 Å². The molecule has 0 bridgehead atoms. The highest BCUT2D eigenvalue weighted by molar-refractivity contribution is 6.24. The Labute approximate surface area is 250 Å². The molecule has 0 saturated carbocycles. The van der Waals surface area contributed by atoms with Gasteiger partial charge in [-0.25, -0.2) is 8.78 Å². The van der Waals surface area contributed by atoms with Crippen molar-refractivity contribution >= 4 is 17.5 Å². The minimum Gasteiger partial charge on any atom is -0.493 e. The number of hydrogen-bond acceptors (Lipinski definition) is 7. The number of halogens is 2. The Morgan fingerprint density at radius 3 is 2.23 bits per heavy atom. The topological polar surface area (TPSA) is 71.6 Å². The minimum atomic E-state index is -0.666. The van der Waals surface area contributed by atoms with Crippen molar-refractivity contribution in [1.29, 1.82) is 0 Å². The molecule has 5 rings (SSSR count). The summed E-state index contributed by atoms with van der Waals surface area (Å²) in [4.78, 5) is 33.9. The Kier molecular flexibility index (Phi) is 9.57. The van der Waals surface area contributed by atoms with Crippen LogP contribution in [-0.2, 0) is 11.3 Å². The Morgan fingerprint density at radius 2 is 1.56 bits per heavy atom. The average Bonchev–Trinajstić information content (AvgIpc) is 3.29. The van der Waals surface area contributed by atoms with Crippen LogP contribution in [0.2, 0.25) is 0 Å². The molecule has 1 atom stereocenters. The number of methoxy groups -OCH3 is 2.